The van der Waals surface area contributed by atoms with Gasteiger partial charge >= 0.3 is 0 Å². The van der Waals surface area contributed by atoms with Gasteiger partial charge in [-0.3, -0.25) is 4.98 Å². The highest BCUT2D eigenvalue weighted by atomic mass is 16.3. The van der Waals surface area contributed by atoms with E-state index in [1.54, 1.807) is 6.20 Å². The van der Waals surface area contributed by atoms with Crippen LogP contribution in [0, 0.1) is 0 Å². The van der Waals surface area contributed by atoms with Crippen LogP contribution in [0.2, 0.25) is 0 Å². The molecule has 0 unspecified atom stereocenters. The predicted molar refractivity (Wildman–Crippen MR) is 73.6 cm³/mol. The van der Waals surface area contributed by atoms with E-state index in [0.717, 1.165) is 16.7 Å². The molecule has 0 radical (unpaired) electrons. The molecule has 0 bridgehead atoms. The number of fused-ring (bicyclic) bond motifs is 1. The van der Waals surface area contributed by atoms with Gasteiger partial charge in [0, 0.05) is 6.54 Å². The molecule has 0 amide bonds. The Hall–Kier alpha value is -1.56. The van der Waals surface area contributed by atoms with Gasteiger partial charge in [0.15, 0.2) is 0 Å². The minimum atomic E-state index is -0.659. The monoisotopic (exact) mass is 261 g/mol. The summed E-state index contributed by atoms with van der Waals surface area (Å²) in [6, 6.07) is 7.68. The molecular formula is C14H19N3O2. The average molecular weight is 261 g/mol. The molecule has 0 aliphatic rings. The fourth-order valence-electron chi connectivity index (χ4n) is 1.87. The lowest BCUT2D eigenvalue weighted by molar-refractivity contribution is 0.0861. The molecule has 0 saturated heterocycles. The SMILES string of the molecule is CCC(CO)(CO)NCc1cnc2ccccc2n1. The van der Waals surface area contributed by atoms with E-state index < -0.39 is 5.54 Å². The minimum absolute atomic E-state index is 0.110. The van der Waals surface area contributed by atoms with Crippen molar-refractivity contribution < 1.29 is 10.2 Å². The Balaban J connectivity index is 2.13. The first kappa shape index (κ1) is 13.9. The molecule has 0 aliphatic heterocycles. The number of benzene rings is 1. The molecule has 1 aromatic carbocycles. The molecule has 3 N–H and O–H groups in total. The van der Waals surface area contributed by atoms with Gasteiger partial charge in [0.25, 0.3) is 0 Å². The summed E-state index contributed by atoms with van der Waals surface area (Å²) in [4.78, 5) is 8.82. The van der Waals surface area contributed by atoms with Crippen molar-refractivity contribution in [2.45, 2.75) is 25.4 Å². The summed E-state index contributed by atoms with van der Waals surface area (Å²) in [6.07, 6.45) is 2.35. The number of aromatic nitrogens is 2. The largest absolute Gasteiger partial charge is 0.394 e. The molecule has 2 rings (SSSR count). The molecule has 2 aromatic rings. The normalized spacial score (nSPS) is 11.9. The number of nitrogens with zero attached hydrogens (tertiary/aromatic N) is 2. The maximum atomic E-state index is 9.37. The van der Waals surface area contributed by atoms with E-state index in [9.17, 15) is 10.2 Å². The first-order chi connectivity index (χ1) is 9.23. The lowest BCUT2D eigenvalue weighted by Gasteiger charge is -2.29. The van der Waals surface area contributed by atoms with E-state index in [0.29, 0.717) is 13.0 Å². The molecule has 0 atom stereocenters. The fraction of sp³-hybridized carbons (Fsp3) is 0.429. The summed E-state index contributed by atoms with van der Waals surface area (Å²) in [7, 11) is 0. The first-order valence-electron chi connectivity index (χ1n) is 6.40. The van der Waals surface area contributed by atoms with Crippen LogP contribution in [0.25, 0.3) is 11.0 Å². The quantitative estimate of drug-likeness (QED) is 0.718. The van der Waals surface area contributed by atoms with Crippen LogP contribution in [0.5, 0.6) is 0 Å². The maximum Gasteiger partial charge on any atom is 0.0890 e. The zero-order chi connectivity index (χ0) is 13.7. The van der Waals surface area contributed by atoms with Gasteiger partial charge in [0.2, 0.25) is 0 Å². The standard InChI is InChI=1S/C14H19N3O2/c1-2-14(9-18,10-19)16-8-11-7-15-12-5-3-4-6-13(12)17-11/h3-7,16,18-19H,2,8-10H2,1H3. The van der Waals surface area contributed by atoms with Gasteiger partial charge in [-0.1, -0.05) is 19.1 Å². The molecule has 102 valence electrons. The molecular weight excluding hydrogens is 242 g/mol. The van der Waals surface area contributed by atoms with Crippen molar-refractivity contribution in [3.05, 3.63) is 36.2 Å². The fourth-order valence-corrected chi connectivity index (χ4v) is 1.87. The van der Waals surface area contributed by atoms with Crippen LogP contribution in [-0.4, -0.2) is 38.9 Å². The van der Waals surface area contributed by atoms with Crippen LogP contribution in [0.15, 0.2) is 30.5 Å². The number of rotatable bonds is 6. The zero-order valence-corrected chi connectivity index (χ0v) is 11.0. The van der Waals surface area contributed by atoms with Crippen molar-refractivity contribution >= 4 is 11.0 Å². The smallest absolute Gasteiger partial charge is 0.0890 e. The number of hydrogen-bond donors (Lipinski definition) is 3. The number of hydrogen-bond acceptors (Lipinski definition) is 5. The second kappa shape index (κ2) is 6.06. The van der Waals surface area contributed by atoms with Crippen molar-refractivity contribution in [3.63, 3.8) is 0 Å². The minimum Gasteiger partial charge on any atom is -0.394 e. The van der Waals surface area contributed by atoms with E-state index in [4.69, 9.17) is 0 Å². The van der Waals surface area contributed by atoms with Crippen LogP contribution in [0.3, 0.4) is 0 Å². The Kier molecular flexibility index (Phi) is 4.42. The Morgan fingerprint density at radius 2 is 1.84 bits per heavy atom. The Morgan fingerprint density at radius 1 is 1.16 bits per heavy atom. The van der Waals surface area contributed by atoms with E-state index in [-0.39, 0.29) is 13.2 Å². The van der Waals surface area contributed by atoms with Gasteiger partial charge in [-0.2, -0.15) is 0 Å². The predicted octanol–water partition coefficient (Wildman–Crippen LogP) is 0.853. The summed E-state index contributed by atoms with van der Waals surface area (Å²) >= 11 is 0. The molecule has 0 saturated carbocycles. The molecule has 0 aliphatic carbocycles. The number of aliphatic hydroxyl groups is 2. The zero-order valence-electron chi connectivity index (χ0n) is 11.0. The summed E-state index contributed by atoms with van der Waals surface area (Å²) < 4.78 is 0. The Morgan fingerprint density at radius 3 is 2.47 bits per heavy atom. The van der Waals surface area contributed by atoms with Crippen LogP contribution in [0.1, 0.15) is 19.0 Å². The van der Waals surface area contributed by atoms with Crippen LogP contribution in [0.4, 0.5) is 0 Å². The van der Waals surface area contributed by atoms with E-state index in [1.165, 1.54) is 0 Å². The number of para-hydroxylation sites is 2. The highest BCUT2D eigenvalue weighted by Crippen LogP contribution is 2.11. The van der Waals surface area contributed by atoms with Crippen molar-refractivity contribution in [1.82, 2.24) is 15.3 Å². The molecule has 5 nitrogen and oxygen atoms in total. The Bertz CT molecular complexity index is 533. The van der Waals surface area contributed by atoms with Crippen LogP contribution in [-0.2, 0) is 6.54 Å². The second-order valence-corrected chi connectivity index (χ2v) is 4.65. The second-order valence-electron chi connectivity index (χ2n) is 4.65. The molecule has 1 heterocycles. The summed E-state index contributed by atoms with van der Waals surface area (Å²) in [5.74, 6) is 0. The maximum absolute atomic E-state index is 9.37. The molecule has 5 heteroatoms. The van der Waals surface area contributed by atoms with E-state index in [2.05, 4.69) is 15.3 Å². The van der Waals surface area contributed by atoms with Crippen LogP contribution < -0.4 is 5.32 Å². The van der Waals surface area contributed by atoms with Gasteiger partial charge < -0.3 is 15.5 Å². The Labute approximate surface area is 112 Å². The molecule has 0 fully saturated rings. The average Bonchev–Trinajstić information content (AvgIpc) is 2.49. The van der Waals surface area contributed by atoms with Crippen molar-refractivity contribution in [2.75, 3.05) is 13.2 Å². The van der Waals surface area contributed by atoms with Crippen molar-refractivity contribution in [1.29, 1.82) is 0 Å². The summed E-state index contributed by atoms with van der Waals surface area (Å²) in [5, 5.41) is 21.9. The van der Waals surface area contributed by atoms with Crippen molar-refractivity contribution in [2.24, 2.45) is 0 Å². The van der Waals surface area contributed by atoms with Gasteiger partial charge in [0.1, 0.15) is 0 Å². The number of aliphatic hydroxyl groups excluding tert-OH is 2. The van der Waals surface area contributed by atoms with E-state index in [1.807, 2.05) is 31.2 Å². The highest BCUT2D eigenvalue weighted by molar-refractivity contribution is 5.73. The lowest BCUT2D eigenvalue weighted by atomic mass is 9.98. The molecule has 1 aromatic heterocycles. The van der Waals surface area contributed by atoms with Gasteiger partial charge in [0.05, 0.1) is 41.7 Å². The van der Waals surface area contributed by atoms with Crippen molar-refractivity contribution in [3.8, 4) is 0 Å². The molecule has 0 spiro atoms. The summed E-state index contributed by atoms with van der Waals surface area (Å²) in [6.45, 7) is 2.17. The topological polar surface area (TPSA) is 78.3 Å². The van der Waals surface area contributed by atoms with Crippen LogP contribution >= 0.6 is 0 Å². The first-order valence-corrected chi connectivity index (χ1v) is 6.40. The third-order valence-electron chi connectivity index (χ3n) is 3.43. The summed E-state index contributed by atoms with van der Waals surface area (Å²) in [5.41, 5.74) is 1.83. The van der Waals surface area contributed by atoms with Gasteiger partial charge in [-0.15, -0.1) is 0 Å². The van der Waals surface area contributed by atoms with E-state index >= 15 is 0 Å². The highest BCUT2D eigenvalue weighted by Gasteiger charge is 2.25. The third kappa shape index (κ3) is 3.07. The lowest BCUT2D eigenvalue weighted by Crippen LogP contribution is -2.50. The van der Waals surface area contributed by atoms with Gasteiger partial charge in [-0.25, -0.2) is 4.98 Å². The van der Waals surface area contributed by atoms with Gasteiger partial charge in [-0.05, 0) is 18.6 Å². The third-order valence-corrected chi connectivity index (χ3v) is 3.43. The molecule has 19 heavy (non-hydrogen) atoms. The number of nitrogens with one attached hydrogen (secondary N) is 1.